The Morgan fingerprint density at radius 2 is 2.12 bits per heavy atom. The standard InChI is InChI=1S/C11H20N4O2/c1-9(2)15-8-7-14(11(15)17)6-4-3-5-10(16)13-12/h7-9H,3-6,12H2,1-2H3,(H,13,16). The Kier molecular flexibility index (Phi) is 4.96. The summed E-state index contributed by atoms with van der Waals surface area (Å²) in [6, 6.07) is 0.173. The highest BCUT2D eigenvalue weighted by atomic mass is 16.2. The predicted octanol–water partition coefficient (Wildman–Crippen LogP) is 0.391. The minimum atomic E-state index is -0.169. The zero-order valence-electron chi connectivity index (χ0n) is 10.3. The highest BCUT2D eigenvalue weighted by molar-refractivity contribution is 5.74. The van der Waals surface area contributed by atoms with Gasteiger partial charge in [-0.1, -0.05) is 0 Å². The average Bonchev–Trinajstić information content (AvgIpc) is 2.66. The minimum Gasteiger partial charge on any atom is -0.299 e. The number of nitrogens with zero attached hydrogens (tertiary/aromatic N) is 2. The van der Waals surface area contributed by atoms with E-state index in [1.165, 1.54) is 0 Å². The van der Waals surface area contributed by atoms with E-state index in [1.807, 2.05) is 13.8 Å². The maximum Gasteiger partial charge on any atom is 0.328 e. The van der Waals surface area contributed by atoms with Gasteiger partial charge in [0.2, 0.25) is 5.91 Å². The van der Waals surface area contributed by atoms with Gasteiger partial charge in [0.05, 0.1) is 0 Å². The van der Waals surface area contributed by atoms with Gasteiger partial charge in [0, 0.05) is 31.4 Å². The van der Waals surface area contributed by atoms with Gasteiger partial charge in [-0.2, -0.15) is 0 Å². The number of carbonyl (C=O) groups excluding carboxylic acids is 1. The fraction of sp³-hybridized carbons (Fsp3) is 0.636. The smallest absolute Gasteiger partial charge is 0.299 e. The Balaban J connectivity index is 2.43. The van der Waals surface area contributed by atoms with E-state index in [0.29, 0.717) is 13.0 Å². The number of amides is 1. The van der Waals surface area contributed by atoms with Crippen molar-refractivity contribution >= 4 is 5.91 Å². The Morgan fingerprint density at radius 3 is 2.65 bits per heavy atom. The Hall–Kier alpha value is -1.56. The second kappa shape index (κ2) is 6.24. The number of carbonyl (C=O) groups is 1. The van der Waals surface area contributed by atoms with E-state index < -0.39 is 0 Å². The summed E-state index contributed by atoms with van der Waals surface area (Å²) in [5, 5.41) is 0. The van der Waals surface area contributed by atoms with Crippen LogP contribution in [0.5, 0.6) is 0 Å². The molecule has 0 saturated carbocycles. The molecular weight excluding hydrogens is 220 g/mol. The molecule has 0 aliphatic heterocycles. The summed E-state index contributed by atoms with van der Waals surface area (Å²) in [5.41, 5.74) is 2.09. The zero-order valence-corrected chi connectivity index (χ0v) is 10.3. The number of hydrazine groups is 1. The second-order valence-corrected chi connectivity index (χ2v) is 4.30. The lowest BCUT2D eigenvalue weighted by Gasteiger charge is -2.05. The lowest BCUT2D eigenvalue weighted by molar-refractivity contribution is -0.121. The van der Waals surface area contributed by atoms with Crippen LogP contribution in [0.4, 0.5) is 0 Å². The van der Waals surface area contributed by atoms with E-state index in [4.69, 9.17) is 5.84 Å². The van der Waals surface area contributed by atoms with Crippen molar-refractivity contribution in [3.05, 3.63) is 22.9 Å². The van der Waals surface area contributed by atoms with Crippen molar-refractivity contribution in [1.82, 2.24) is 14.6 Å². The number of rotatable bonds is 6. The molecule has 1 amide bonds. The Morgan fingerprint density at radius 1 is 1.41 bits per heavy atom. The summed E-state index contributed by atoms with van der Waals surface area (Å²) >= 11 is 0. The molecule has 1 rings (SSSR count). The van der Waals surface area contributed by atoms with Gasteiger partial charge in [0.15, 0.2) is 0 Å². The molecule has 0 aliphatic carbocycles. The van der Waals surface area contributed by atoms with Gasteiger partial charge >= 0.3 is 5.69 Å². The van der Waals surface area contributed by atoms with E-state index in [1.54, 1.807) is 21.5 Å². The third-order valence-corrected chi connectivity index (χ3v) is 2.64. The number of nitrogens with one attached hydrogen (secondary N) is 1. The van der Waals surface area contributed by atoms with E-state index in [2.05, 4.69) is 5.43 Å². The molecule has 96 valence electrons. The third kappa shape index (κ3) is 3.74. The average molecular weight is 240 g/mol. The molecule has 0 radical (unpaired) electrons. The van der Waals surface area contributed by atoms with Crippen molar-refractivity contribution < 1.29 is 4.79 Å². The fourth-order valence-electron chi connectivity index (χ4n) is 1.63. The Bertz CT molecular complexity index is 419. The molecule has 1 aromatic rings. The molecule has 1 aromatic heterocycles. The minimum absolute atomic E-state index is 0.00303. The number of hydrogen-bond donors (Lipinski definition) is 2. The van der Waals surface area contributed by atoms with E-state index >= 15 is 0 Å². The van der Waals surface area contributed by atoms with Crippen LogP contribution >= 0.6 is 0 Å². The third-order valence-electron chi connectivity index (χ3n) is 2.64. The lowest BCUT2D eigenvalue weighted by Crippen LogP contribution is -2.29. The monoisotopic (exact) mass is 240 g/mol. The molecule has 0 saturated heterocycles. The quantitative estimate of drug-likeness (QED) is 0.326. The summed E-state index contributed by atoms with van der Waals surface area (Å²) in [6.45, 7) is 4.57. The molecule has 6 nitrogen and oxygen atoms in total. The lowest BCUT2D eigenvalue weighted by atomic mass is 10.2. The van der Waals surface area contributed by atoms with Crippen molar-refractivity contribution in [2.45, 2.75) is 45.7 Å². The molecule has 6 heteroatoms. The van der Waals surface area contributed by atoms with Crippen LogP contribution in [-0.4, -0.2) is 15.0 Å². The zero-order chi connectivity index (χ0) is 12.8. The number of aryl methyl sites for hydroxylation is 1. The van der Waals surface area contributed by atoms with Crippen LogP contribution < -0.4 is 17.0 Å². The maximum absolute atomic E-state index is 11.8. The van der Waals surface area contributed by atoms with Crippen molar-refractivity contribution in [2.24, 2.45) is 5.84 Å². The molecule has 0 unspecified atom stereocenters. The molecule has 0 atom stereocenters. The Labute approximate surface area is 100 Å². The second-order valence-electron chi connectivity index (χ2n) is 4.30. The van der Waals surface area contributed by atoms with Crippen molar-refractivity contribution in [2.75, 3.05) is 0 Å². The number of nitrogens with two attached hydrogens (primary N) is 1. The molecular formula is C11H20N4O2. The van der Waals surface area contributed by atoms with Crippen molar-refractivity contribution in [3.8, 4) is 0 Å². The normalized spacial score (nSPS) is 10.8. The molecule has 1 heterocycles. The van der Waals surface area contributed by atoms with E-state index in [9.17, 15) is 9.59 Å². The number of aromatic nitrogens is 2. The summed E-state index contributed by atoms with van der Waals surface area (Å²) in [5.74, 6) is 4.80. The van der Waals surface area contributed by atoms with E-state index in [-0.39, 0.29) is 17.6 Å². The summed E-state index contributed by atoms with van der Waals surface area (Å²) < 4.78 is 3.35. The predicted molar refractivity (Wildman–Crippen MR) is 65.3 cm³/mol. The van der Waals surface area contributed by atoms with Gasteiger partial charge in [0.25, 0.3) is 0 Å². The van der Waals surface area contributed by atoms with Gasteiger partial charge in [-0.3, -0.25) is 19.4 Å². The topological polar surface area (TPSA) is 82.1 Å². The van der Waals surface area contributed by atoms with Crippen LogP contribution in [0.3, 0.4) is 0 Å². The molecule has 17 heavy (non-hydrogen) atoms. The maximum atomic E-state index is 11.8. The van der Waals surface area contributed by atoms with Crippen LogP contribution in [0.2, 0.25) is 0 Å². The van der Waals surface area contributed by atoms with Gasteiger partial charge in [-0.05, 0) is 26.7 Å². The summed E-state index contributed by atoms with van der Waals surface area (Å²) in [4.78, 5) is 22.7. The molecule has 0 aliphatic rings. The number of hydrogen-bond acceptors (Lipinski definition) is 3. The number of unbranched alkanes of at least 4 members (excludes halogenated alkanes) is 1. The van der Waals surface area contributed by atoms with Gasteiger partial charge < -0.3 is 0 Å². The highest BCUT2D eigenvalue weighted by Crippen LogP contribution is 2.01. The fourth-order valence-corrected chi connectivity index (χ4v) is 1.63. The molecule has 0 aromatic carbocycles. The first-order valence-corrected chi connectivity index (χ1v) is 5.83. The largest absolute Gasteiger partial charge is 0.328 e. The highest BCUT2D eigenvalue weighted by Gasteiger charge is 2.05. The molecule has 0 fully saturated rings. The van der Waals surface area contributed by atoms with Gasteiger partial charge in [-0.15, -0.1) is 0 Å². The first-order valence-electron chi connectivity index (χ1n) is 5.83. The van der Waals surface area contributed by atoms with Crippen molar-refractivity contribution in [1.29, 1.82) is 0 Å². The molecule has 0 bridgehead atoms. The summed E-state index contributed by atoms with van der Waals surface area (Å²) in [7, 11) is 0. The molecule has 3 N–H and O–H groups in total. The van der Waals surface area contributed by atoms with E-state index in [0.717, 1.165) is 12.8 Å². The SMILES string of the molecule is CC(C)n1ccn(CCCCC(=O)NN)c1=O. The first kappa shape index (κ1) is 13.5. The van der Waals surface area contributed by atoms with Gasteiger partial charge in [-0.25, -0.2) is 10.6 Å². The van der Waals surface area contributed by atoms with Crippen LogP contribution in [0.15, 0.2) is 17.2 Å². The number of imidazole rings is 1. The van der Waals surface area contributed by atoms with Crippen LogP contribution in [0, 0.1) is 0 Å². The van der Waals surface area contributed by atoms with Crippen molar-refractivity contribution in [3.63, 3.8) is 0 Å². The molecule has 0 spiro atoms. The van der Waals surface area contributed by atoms with Crippen LogP contribution in [0.1, 0.15) is 39.2 Å². The van der Waals surface area contributed by atoms with Gasteiger partial charge in [0.1, 0.15) is 0 Å². The van der Waals surface area contributed by atoms with Crippen LogP contribution in [0.25, 0.3) is 0 Å². The first-order chi connectivity index (χ1) is 8.06. The summed E-state index contributed by atoms with van der Waals surface area (Å²) in [6.07, 6.45) is 5.48. The van der Waals surface area contributed by atoms with Crippen LogP contribution in [-0.2, 0) is 11.3 Å².